The summed E-state index contributed by atoms with van der Waals surface area (Å²) in [7, 11) is 0.289. The zero-order chi connectivity index (χ0) is 14.4. The van der Waals surface area contributed by atoms with E-state index in [4.69, 9.17) is 10.00 Å². The number of nitrogens with zero attached hydrogens (tertiary/aromatic N) is 1. The van der Waals surface area contributed by atoms with Crippen molar-refractivity contribution < 1.29 is 8.95 Å². The van der Waals surface area contributed by atoms with Crippen molar-refractivity contribution in [1.82, 2.24) is 0 Å². The summed E-state index contributed by atoms with van der Waals surface area (Å²) in [5.41, 5.74) is 0.912. The zero-order valence-electron chi connectivity index (χ0n) is 11.2. The van der Waals surface area contributed by atoms with Gasteiger partial charge < -0.3 is 4.74 Å². The second-order valence-corrected chi connectivity index (χ2v) is 5.87. The van der Waals surface area contributed by atoms with Crippen LogP contribution in [0.5, 0.6) is 5.75 Å². The first-order valence-electron chi connectivity index (χ1n) is 6.22. The highest BCUT2D eigenvalue weighted by atomic mass is 32.2. The maximum absolute atomic E-state index is 12.7. The van der Waals surface area contributed by atoms with Gasteiger partial charge in [0.2, 0.25) is 0 Å². The normalized spacial score (nSPS) is 13.2. The summed E-state index contributed by atoms with van der Waals surface area (Å²) in [6, 6.07) is 18.8. The molecule has 0 heterocycles. The van der Waals surface area contributed by atoms with E-state index in [0.29, 0.717) is 10.6 Å². The van der Waals surface area contributed by atoms with Gasteiger partial charge in [0.25, 0.3) is 0 Å². The molecule has 2 aromatic rings. The first-order chi connectivity index (χ1) is 9.76. The third-order valence-electron chi connectivity index (χ3n) is 2.98. The molecule has 0 aliphatic rings. The van der Waals surface area contributed by atoms with Crippen LogP contribution in [0.4, 0.5) is 0 Å². The van der Waals surface area contributed by atoms with Crippen molar-refractivity contribution >= 4 is 10.8 Å². The predicted molar refractivity (Wildman–Crippen MR) is 78.8 cm³/mol. The van der Waals surface area contributed by atoms with Gasteiger partial charge in [0, 0.05) is 4.90 Å². The zero-order valence-corrected chi connectivity index (χ0v) is 12.0. The van der Waals surface area contributed by atoms with Gasteiger partial charge in [-0.05, 0) is 23.8 Å². The molecular weight excluding hydrogens is 270 g/mol. The fraction of sp³-hybridized carbons (Fsp3) is 0.188. The quantitative estimate of drug-likeness (QED) is 0.845. The lowest BCUT2D eigenvalue weighted by molar-refractivity contribution is 0.413. The number of rotatable bonds is 5. The summed E-state index contributed by atoms with van der Waals surface area (Å²) < 4.78 is 17.9. The Morgan fingerprint density at radius 2 is 1.95 bits per heavy atom. The van der Waals surface area contributed by atoms with E-state index in [0.717, 1.165) is 5.56 Å². The molecule has 2 unspecified atom stereocenters. The molecule has 0 aromatic heterocycles. The van der Waals surface area contributed by atoms with Gasteiger partial charge in [-0.2, -0.15) is 5.26 Å². The van der Waals surface area contributed by atoms with E-state index in [9.17, 15) is 4.21 Å². The Morgan fingerprint density at radius 1 is 1.20 bits per heavy atom. The van der Waals surface area contributed by atoms with E-state index in [1.807, 2.05) is 36.4 Å². The molecule has 2 aromatic carbocycles. The van der Waals surface area contributed by atoms with Gasteiger partial charge in [0.1, 0.15) is 5.75 Å². The topological polar surface area (TPSA) is 50.1 Å². The fourth-order valence-corrected chi connectivity index (χ4v) is 3.36. The van der Waals surface area contributed by atoms with Gasteiger partial charge in [-0.1, -0.05) is 36.4 Å². The molecule has 0 bridgehead atoms. The lowest BCUT2D eigenvalue weighted by atomic mass is 10.1. The Hall–Kier alpha value is -2.12. The minimum atomic E-state index is -1.29. The van der Waals surface area contributed by atoms with Crippen molar-refractivity contribution in [1.29, 1.82) is 5.26 Å². The van der Waals surface area contributed by atoms with Gasteiger partial charge >= 0.3 is 0 Å². The summed E-state index contributed by atoms with van der Waals surface area (Å²) >= 11 is 0. The van der Waals surface area contributed by atoms with Crippen molar-refractivity contribution in [3.63, 3.8) is 0 Å². The van der Waals surface area contributed by atoms with Crippen molar-refractivity contribution in [2.24, 2.45) is 0 Å². The second-order valence-electron chi connectivity index (χ2n) is 4.24. The summed E-state index contributed by atoms with van der Waals surface area (Å²) in [4.78, 5) is 0.674. The third-order valence-corrected chi connectivity index (χ3v) is 4.65. The number of nitriles is 1. The largest absolute Gasteiger partial charge is 0.497 e. The molecule has 0 aliphatic carbocycles. The van der Waals surface area contributed by atoms with Crippen molar-refractivity contribution in [3.8, 4) is 11.8 Å². The lowest BCUT2D eigenvalue weighted by Gasteiger charge is -2.14. The first-order valence-corrected chi connectivity index (χ1v) is 7.44. The summed E-state index contributed by atoms with van der Waals surface area (Å²) in [6.45, 7) is 0. The van der Waals surface area contributed by atoms with Crippen molar-refractivity contribution in [2.75, 3.05) is 7.11 Å². The molecule has 4 heteroatoms. The Morgan fingerprint density at radius 3 is 2.60 bits per heavy atom. The van der Waals surface area contributed by atoms with Crippen LogP contribution in [-0.4, -0.2) is 11.3 Å². The van der Waals surface area contributed by atoms with E-state index in [1.165, 1.54) is 0 Å². The van der Waals surface area contributed by atoms with Crippen molar-refractivity contribution in [3.05, 3.63) is 60.2 Å². The van der Waals surface area contributed by atoms with Crippen LogP contribution in [0.2, 0.25) is 0 Å². The molecule has 3 nitrogen and oxygen atoms in total. The minimum Gasteiger partial charge on any atom is -0.497 e. The van der Waals surface area contributed by atoms with Gasteiger partial charge in [-0.3, -0.25) is 4.21 Å². The average molecular weight is 285 g/mol. The fourth-order valence-electron chi connectivity index (χ4n) is 1.96. The molecule has 0 spiro atoms. The Bertz CT molecular complexity index is 634. The average Bonchev–Trinajstić information content (AvgIpc) is 2.53. The van der Waals surface area contributed by atoms with Crippen LogP contribution in [0, 0.1) is 11.3 Å². The van der Waals surface area contributed by atoms with Crippen LogP contribution in [-0.2, 0) is 10.8 Å². The highest BCUT2D eigenvalue weighted by molar-refractivity contribution is 7.85. The smallest absolute Gasteiger partial charge is 0.120 e. The molecule has 0 radical (unpaired) electrons. The highest BCUT2D eigenvalue weighted by Crippen LogP contribution is 2.29. The maximum atomic E-state index is 12.7. The molecule has 0 saturated carbocycles. The number of methoxy groups -OCH3 is 1. The first kappa shape index (κ1) is 14.3. The SMILES string of the molecule is COc1cccc(S(=O)C(CC#N)c2ccccc2)c1. The molecule has 102 valence electrons. The lowest BCUT2D eigenvalue weighted by Crippen LogP contribution is -2.06. The second kappa shape index (κ2) is 6.88. The van der Waals surface area contributed by atoms with Gasteiger partial charge in [0.05, 0.1) is 35.6 Å². The van der Waals surface area contributed by atoms with Crippen LogP contribution >= 0.6 is 0 Å². The Balaban J connectivity index is 2.34. The van der Waals surface area contributed by atoms with Crippen LogP contribution in [0.3, 0.4) is 0 Å². The molecular formula is C16H15NO2S. The van der Waals surface area contributed by atoms with Crippen molar-refractivity contribution in [2.45, 2.75) is 16.6 Å². The van der Waals surface area contributed by atoms with Gasteiger partial charge in [0.15, 0.2) is 0 Å². The number of benzene rings is 2. The molecule has 0 saturated heterocycles. The van der Waals surface area contributed by atoms with E-state index >= 15 is 0 Å². The van der Waals surface area contributed by atoms with Crippen LogP contribution < -0.4 is 4.74 Å². The van der Waals surface area contributed by atoms with Crippen LogP contribution in [0.25, 0.3) is 0 Å². The van der Waals surface area contributed by atoms with Gasteiger partial charge in [-0.15, -0.1) is 0 Å². The predicted octanol–water partition coefficient (Wildman–Crippen LogP) is 3.46. The molecule has 2 rings (SSSR count). The molecule has 0 fully saturated rings. The molecule has 2 atom stereocenters. The number of hydrogen-bond donors (Lipinski definition) is 0. The van der Waals surface area contributed by atoms with Crippen LogP contribution in [0.15, 0.2) is 59.5 Å². The Kier molecular flexibility index (Phi) is 4.91. The Labute approximate surface area is 121 Å². The summed E-state index contributed by atoms with van der Waals surface area (Å²) in [5.74, 6) is 0.666. The van der Waals surface area contributed by atoms with E-state index in [2.05, 4.69) is 6.07 Å². The molecule has 0 aliphatic heterocycles. The minimum absolute atomic E-state index is 0.216. The number of ether oxygens (including phenoxy) is 1. The monoisotopic (exact) mass is 285 g/mol. The third kappa shape index (κ3) is 3.25. The van der Waals surface area contributed by atoms with E-state index < -0.39 is 10.8 Å². The van der Waals surface area contributed by atoms with Gasteiger partial charge in [-0.25, -0.2) is 0 Å². The summed E-state index contributed by atoms with van der Waals surface area (Å²) in [5, 5.41) is 8.66. The standard InChI is InChI=1S/C16H15NO2S/c1-19-14-8-5-9-15(12-14)20(18)16(10-11-17)13-6-3-2-4-7-13/h2-9,12,16H,10H2,1H3. The molecule has 0 N–H and O–H groups in total. The summed E-state index contributed by atoms with van der Waals surface area (Å²) in [6.07, 6.45) is 0.216. The highest BCUT2D eigenvalue weighted by Gasteiger charge is 2.20. The number of hydrogen-bond acceptors (Lipinski definition) is 3. The van der Waals surface area contributed by atoms with E-state index in [-0.39, 0.29) is 11.7 Å². The van der Waals surface area contributed by atoms with Crippen LogP contribution in [0.1, 0.15) is 17.2 Å². The molecule has 0 amide bonds. The van der Waals surface area contributed by atoms with E-state index in [1.54, 1.807) is 25.3 Å². The maximum Gasteiger partial charge on any atom is 0.120 e. The molecule has 20 heavy (non-hydrogen) atoms.